The van der Waals surface area contributed by atoms with E-state index >= 15 is 0 Å². The molecule has 1 saturated carbocycles. The molecule has 2 atom stereocenters. The number of benzene rings is 2. The van der Waals surface area contributed by atoms with Gasteiger partial charge in [-0.1, -0.05) is 42.5 Å². The number of rotatable bonds is 4. The van der Waals surface area contributed by atoms with Crippen molar-refractivity contribution in [1.29, 1.82) is 0 Å². The third-order valence-electron chi connectivity index (χ3n) is 3.88. The standard InChI is InChI=1S/C17H15ClO3/c1-2-21-16(20)17(18)10-14(17)15(19)13-9-5-7-11-6-3-4-8-12(11)13/h3-9,14H,2,10H2,1H3/t14-,17-/m0/s1. The van der Waals surface area contributed by atoms with Crippen LogP contribution in [0.2, 0.25) is 0 Å². The van der Waals surface area contributed by atoms with Crippen molar-refractivity contribution in [3.05, 3.63) is 48.0 Å². The molecule has 0 heterocycles. The highest BCUT2D eigenvalue weighted by molar-refractivity contribution is 6.39. The molecule has 108 valence electrons. The summed E-state index contributed by atoms with van der Waals surface area (Å²) in [6.45, 7) is 1.99. The number of Topliss-reactive ketones (excluding diaryl/α,β-unsaturated/α-hetero) is 1. The third-order valence-corrected chi connectivity index (χ3v) is 4.45. The van der Waals surface area contributed by atoms with Gasteiger partial charge in [-0.25, -0.2) is 0 Å². The molecular weight excluding hydrogens is 288 g/mol. The minimum atomic E-state index is -1.18. The zero-order chi connectivity index (χ0) is 15.0. The van der Waals surface area contributed by atoms with Crippen LogP contribution in [0.5, 0.6) is 0 Å². The minimum absolute atomic E-state index is 0.0881. The molecule has 0 N–H and O–H groups in total. The highest BCUT2D eigenvalue weighted by Crippen LogP contribution is 2.52. The molecule has 0 aromatic heterocycles. The van der Waals surface area contributed by atoms with E-state index in [-0.39, 0.29) is 12.4 Å². The summed E-state index contributed by atoms with van der Waals surface area (Å²) in [6, 6.07) is 13.3. The van der Waals surface area contributed by atoms with Crippen molar-refractivity contribution in [2.24, 2.45) is 5.92 Å². The lowest BCUT2D eigenvalue weighted by atomic mass is 9.98. The molecule has 0 bridgehead atoms. The monoisotopic (exact) mass is 302 g/mol. The van der Waals surface area contributed by atoms with Gasteiger partial charge in [-0.05, 0) is 24.1 Å². The molecule has 1 fully saturated rings. The van der Waals surface area contributed by atoms with Crippen LogP contribution < -0.4 is 0 Å². The fourth-order valence-electron chi connectivity index (χ4n) is 2.64. The van der Waals surface area contributed by atoms with Gasteiger partial charge in [-0.2, -0.15) is 0 Å². The third kappa shape index (κ3) is 2.32. The number of alkyl halides is 1. The van der Waals surface area contributed by atoms with Gasteiger partial charge < -0.3 is 4.74 Å². The summed E-state index contributed by atoms with van der Waals surface area (Å²) in [4.78, 5) is 23.3. The Morgan fingerprint density at radius 1 is 1.24 bits per heavy atom. The van der Waals surface area contributed by atoms with E-state index in [4.69, 9.17) is 16.3 Å². The second-order valence-corrected chi connectivity index (χ2v) is 5.91. The summed E-state index contributed by atoms with van der Waals surface area (Å²) < 4.78 is 4.95. The summed E-state index contributed by atoms with van der Waals surface area (Å²) in [6.07, 6.45) is 0.343. The Hall–Kier alpha value is -1.87. The lowest BCUT2D eigenvalue weighted by Gasteiger charge is -2.09. The smallest absolute Gasteiger partial charge is 0.327 e. The second-order valence-electron chi connectivity index (χ2n) is 5.23. The van der Waals surface area contributed by atoms with Crippen LogP contribution in [0, 0.1) is 5.92 Å². The summed E-state index contributed by atoms with van der Waals surface area (Å²) >= 11 is 6.24. The average molecular weight is 303 g/mol. The molecule has 3 nitrogen and oxygen atoms in total. The summed E-state index contributed by atoms with van der Waals surface area (Å²) in [7, 11) is 0. The zero-order valence-corrected chi connectivity index (χ0v) is 12.4. The molecule has 0 spiro atoms. The predicted molar refractivity (Wildman–Crippen MR) is 81.6 cm³/mol. The Bertz CT molecular complexity index is 720. The molecule has 1 aliphatic rings. The topological polar surface area (TPSA) is 43.4 Å². The number of fused-ring (bicyclic) bond motifs is 1. The molecule has 3 rings (SSSR count). The van der Waals surface area contributed by atoms with Crippen molar-refractivity contribution in [2.75, 3.05) is 6.61 Å². The number of ketones is 1. The van der Waals surface area contributed by atoms with Gasteiger partial charge in [0.05, 0.1) is 12.5 Å². The van der Waals surface area contributed by atoms with Crippen molar-refractivity contribution in [1.82, 2.24) is 0 Å². The van der Waals surface area contributed by atoms with Crippen LogP contribution in [0.4, 0.5) is 0 Å². The van der Waals surface area contributed by atoms with Crippen molar-refractivity contribution in [3.8, 4) is 0 Å². The van der Waals surface area contributed by atoms with Crippen molar-refractivity contribution in [3.63, 3.8) is 0 Å². The molecule has 1 aliphatic carbocycles. The van der Waals surface area contributed by atoms with Crippen LogP contribution in [0.25, 0.3) is 10.8 Å². The van der Waals surface area contributed by atoms with E-state index in [0.717, 1.165) is 10.8 Å². The van der Waals surface area contributed by atoms with E-state index in [2.05, 4.69) is 0 Å². The normalized spacial score (nSPS) is 23.8. The van der Waals surface area contributed by atoms with Crippen molar-refractivity contribution >= 4 is 34.1 Å². The number of hydrogen-bond acceptors (Lipinski definition) is 3. The number of carbonyl (C=O) groups excluding carboxylic acids is 2. The van der Waals surface area contributed by atoms with Crippen molar-refractivity contribution in [2.45, 2.75) is 18.2 Å². The first-order valence-corrected chi connectivity index (χ1v) is 7.34. The number of halogens is 1. The van der Waals surface area contributed by atoms with Gasteiger partial charge in [0, 0.05) is 5.56 Å². The van der Waals surface area contributed by atoms with Gasteiger partial charge in [0.1, 0.15) is 0 Å². The molecule has 0 amide bonds. The second kappa shape index (κ2) is 5.15. The molecule has 4 heteroatoms. The van der Waals surface area contributed by atoms with Crippen LogP contribution in [-0.4, -0.2) is 23.2 Å². The lowest BCUT2D eigenvalue weighted by Crippen LogP contribution is -2.24. The van der Waals surface area contributed by atoms with Gasteiger partial charge in [0.25, 0.3) is 0 Å². The summed E-state index contributed by atoms with van der Waals surface area (Å²) in [5.41, 5.74) is 0.616. The van der Waals surface area contributed by atoms with Crippen LogP contribution in [0.3, 0.4) is 0 Å². The van der Waals surface area contributed by atoms with Gasteiger partial charge in [0.15, 0.2) is 10.7 Å². The van der Waals surface area contributed by atoms with Crippen LogP contribution in [0.1, 0.15) is 23.7 Å². The molecule has 2 aromatic rings. The largest absolute Gasteiger partial charge is 0.465 e. The van der Waals surface area contributed by atoms with Gasteiger partial charge in [-0.3, -0.25) is 9.59 Å². The maximum atomic E-state index is 12.7. The summed E-state index contributed by atoms with van der Waals surface area (Å²) in [5, 5.41) is 1.89. The van der Waals surface area contributed by atoms with E-state index in [9.17, 15) is 9.59 Å². The maximum absolute atomic E-state index is 12.7. The Balaban J connectivity index is 1.91. The van der Waals surface area contributed by atoms with E-state index in [1.54, 1.807) is 13.0 Å². The fourth-order valence-corrected chi connectivity index (χ4v) is 2.95. The van der Waals surface area contributed by atoms with Crippen LogP contribution >= 0.6 is 11.6 Å². The Morgan fingerprint density at radius 2 is 1.95 bits per heavy atom. The SMILES string of the molecule is CCOC(=O)[C@]1(Cl)C[C@H]1C(=O)c1cccc2ccccc12. The van der Waals surface area contributed by atoms with E-state index < -0.39 is 16.8 Å². The quantitative estimate of drug-likeness (QED) is 0.492. The molecule has 0 unspecified atom stereocenters. The first-order valence-electron chi connectivity index (χ1n) is 6.96. The first kappa shape index (κ1) is 14.1. The van der Waals surface area contributed by atoms with E-state index in [1.165, 1.54) is 0 Å². The van der Waals surface area contributed by atoms with Crippen molar-refractivity contribution < 1.29 is 14.3 Å². The predicted octanol–water partition coefficient (Wildman–Crippen LogP) is 3.58. The summed E-state index contributed by atoms with van der Waals surface area (Å²) in [5.74, 6) is -1.08. The maximum Gasteiger partial charge on any atom is 0.327 e. The Morgan fingerprint density at radius 3 is 2.71 bits per heavy atom. The van der Waals surface area contributed by atoms with Crippen LogP contribution in [0.15, 0.2) is 42.5 Å². The van der Waals surface area contributed by atoms with Gasteiger partial charge >= 0.3 is 5.97 Å². The number of ether oxygens (including phenoxy) is 1. The lowest BCUT2D eigenvalue weighted by molar-refractivity contribution is -0.143. The average Bonchev–Trinajstić information content (AvgIpc) is 3.20. The highest BCUT2D eigenvalue weighted by atomic mass is 35.5. The Kier molecular flexibility index (Phi) is 3.46. The molecule has 2 aromatic carbocycles. The number of esters is 1. The number of hydrogen-bond donors (Lipinski definition) is 0. The van der Waals surface area contributed by atoms with Crippen LogP contribution in [-0.2, 0) is 9.53 Å². The minimum Gasteiger partial charge on any atom is -0.465 e. The molecular formula is C17H15ClO3. The zero-order valence-electron chi connectivity index (χ0n) is 11.6. The van der Waals surface area contributed by atoms with Gasteiger partial charge in [0.2, 0.25) is 0 Å². The highest BCUT2D eigenvalue weighted by Gasteiger charge is 2.64. The fraction of sp³-hybridized carbons (Fsp3) is 0.294. The number of carbonyl (C=O) groups is 2. The van der Waals surface area contributed by atoms with E-state index in [1.807, 2.05) is 36.4 Å². The Labute approximate surface area is 127 Å². The molecule has 0 saturated heterocycles. The molecule has 21 heavy (non-hydrogen) atoms. The first-order chi connectivity index (χ1) is 10.1. The molecule has 0 radical (unpaired) electrons. The van der Waals surface area contributed by atoms with E-state index in [0.29, 0.717) is 12.0 Å². The van der Waals surface area contributed by atoms with Gasteiger partial charge in [-0.15, -0.1) is 11.6 Å². The molecule has 0 aliphatic heterocycles.